The van der Waals surface area contributed by atoms with Crippen molar-refractivity contribution in [1.82, 2.24) is 35.8 Å². The van der Waals surface area contributed by atoms with Gasteiger partial charge in [-0.15, -0.1) is 18.3 Å². The van der Waals surface area contributed by atoms with Crippen molar-refractivity contribution in [1.29, 1.82) is 0 Å². The molecule has 3 amide bonds. The number of ether oxygens (including phenoxy) is 2. The molecule has 8 N–H and O–H groups in total. The van der Waals surface area contributed by atoms with Crippen LogP contribution in [0.25, 0.3) is 5.69 Å². The number of fused-ring (bicyclic) bond motifs is 1. The number of amides is 3. The average molecular weight is 1050 g/mol. The van der Waals surface area contributed by atoms with Crippen LogP contribution in [-0.4, -0.2) is 138 Å². The maximum atomic E-state index is 13.6. The fourth-order valence-corrected chi connectivity index (χ4v) is 10.7. The lowest BCUT2D eigenvalue weighted by Crippen LogP contribution is -2.52. The van der Waals surface area contributed by atoms with E-state index in [1.165, 1.54) is 6.07 Å². The van der Waals surface area contributed by atoms with Gasteiger partial charge in [0.15, 0.2) is 0 Å². The molecule has 0 bridgehead atoms. The zero-order valence-corrected chi connectivity index (χ0v) is 44.4. The monoisotopic (exact) mass is 1050 g/mol. The lowest BCUT2D eigenvalue weighted by atomic mass is 9.81. The number of halogens is 3. The van der Waals surface area contributed by atoms with Gasteiger partial charge in [-0.1, -0.05) is 62.8 Å². The van der Waals surface area contributed by atoms with Gasteiger partial charge in [0.2, 0.25) is 17.7 Å². The van der Waals surface area contributed by atoms with Crippen LogP contribution in [-0.2, 0) is 38.6 Å². The highest BCUT2D eigenvalue weighted by atomic mass is 19.4. The van der Waals surface area contributed by atoms with Gasteiger partial charge < -0.3 is 46.5 Å². The van der Waals surface area contributed by atoms with E-state index in [0.29, 0.717) is 112 Å². The standard InChI is InChI=1S/C55H83F3N10O7/c1-39(54(72)73)53(42-14-15-42)43-16-13-40-17-19-47(74-49(40)36-43)41-21-30-66(31-22-41)37-44-35-46(18-20-48(44)75-55(56,57)58)67-38-45(64-65-67)11-9-7-5-3-4-6-8-10-12-50(69)63-29-34-68(2,32-23-51(70)61-27-25-59)33-24-52(71)62-28-26-60/h13,16,18,20,35-36,38-39,41-42,47,53H,3-12,14-15,17,19,21-34,37,59-60H2,1-2H3,(H3-,61,62,63,69,70,71,72,73)/p+1/t39-,47+,53-/m0/s1. The Bertz CT molecular complexity index is 2260. The number of aryl methyl sites for hydroxylation is 2. The first-order chi connectivity index (χ1) is 36.0. The number of hydrogen-bond donors (Lipinski definition) is 6. The summed E-state index contributed by atoms with van der Waals surface area (Å²) in [7, 11) is 2.00. The van der Waals surface area contributed by atoms with Gasteiger partial charge in [-0.3, -0.25) is 24.1 Å². The number of carbonyl (C=O) groups excluding carboxylic acids is 3. The van der Waals surface area contributed by atoms with Crippen LogP contribution < -0.4 is 36.9 Å². The van der Waals surface area contributed by atoms with Gasteiger partial charge in [0, 0.05) is 44.7 Å². The van der Waals surface area contributed by atoms with E-state index >= 15 is 0 Å². The molecule has 1 aliphatic carbocycles. The topological polar surface area (TPSA) is 229 Å². The predicted octanol–water partition coefficient (Wildman–Crippen LogP) is 6.53. The normalized spacial score (nSPS) is 17.1. The maximum absolute atomic E-state index is 13.6. The molecule has 0 unspecified atom stereocenters. The Morgan fingerprint density at radius 3 is 2.07 bits per heavy atom. The molecule has 3 heterocycles. The number of aliphatic carboxylic acids is 1. The predicted molar refractivity (Wildman–Crippen MR) is 280 cm³/mol. The van der Waals surface area contributed by atoms with Gasteiger partial charge in [0.05, 0.1) is 69.6 Å². The van der Waals surface area contributed by atoms with Crippen LogP contribution in [0.5, 0.6) is 11.5 Å². The number of carbonyl (C=O) groups is 4. The van der Waals surface area contributed by atoms with Gasteiger partial charge >= 0.3 is 12.3 Å². The van der Waals surface area contributed by atoms with E-state index in [9.17, 15) is 37.5 Å². The minimum Gasteiger partial charge on any atom is -0.490 e. The molecule has 3 aromatic rings. The van der Waals surface area contributed by atoms with E-state index < -0.39 is 18.2 Å². The van der Waals surface area contributed by atoms with Crippen LogP contribution in [0, 0.1) is 17.8 Å². The second kappa shape index (κ2) is 29.3. The number of piperidine rings is 1. The number of nitrogens with two attached hydrogens (primary N) is 2. The molecular formula is C55H84F3N10O7+. The molecule has 3 aliphatic rings. The Hall–Kier alpha value is -5.31. The van der Waals surface area contributed by atoms with Crippen molar-refractivity contribution < 1.29 is 51.4 Å². The Labute approximate surface area is 441 Å². The van der Waals surface area contributed by atoms with Crippen molar-refractivity contribution in [3.63, 3.8) is 0 Å². The van der Waals surface area contributed by atoms with Gasteiger partial charge in [0.1, 0.15) is 17.6 Å². The highest BCUT2D eigenvalue weighted by Crippen LogP contribution is 2.48. The Morgan fingerprint density at radius 1 is 0.813 bits per heavy atom. The third kappa shape index (κ3) is 19.6. The SMILES string of the molecule is C[C@H](C(=O)O)[C@H](c1ccc2c(c1)O[C@@H](C1CCN(Cc3cc(-n4cc(CCCCCCCCCCC(=O)NCC[N+](C)(CCC(=O)NCCN)CCC(=O)NCCN)nn4)ccc3OC(F)(F)F)CC1)CC2)C1CC1. The maximum Gasteiger partial charge on any atom is 0.573 e. The zero-order valence-electron chi connectivity index (χ0n) is 44.4. The van der Waals surface area contributed by atoms with Crippen LogP contribution in [0.15, 0.2) is 42.6 Å². The third-order valence-electron chi connectivity index (χ3n) is 15.4. The number of quaternary nitrogens is 1. The number of likely N-dealkylation sites (N-methyl/N-ethyl adjacent to an activating group) is 1. The molecule has 17 nitrogen and oxygen atoms in total. The second-order valence-electron chi connectivity index (χ2n) is 21.4. The molecule has 3 atom stereocenters. The van der Waals surface area contributed by atoms with E-state index in [1.807, 2.05) is 13.2 Å². The van der Waals surface area contributed by atoms with Gasteiger partial charge in [-0.05, 0) is 124 Å². The number of alkyl halides is 3. The molecule has 20 heteroatoms. The van der Waals surface area contributed by atoms with Crippen molar-refractivity contribution in [2.75, 3.05) is 72.5 Å². The lowest BCUT2D eigenvalue weighted by molar-refractivity contribution is -0.907. The summed E-state index contributed by atoms with van der Waals surface area (Å²) >= 11 is 0. The van der Waals surface area contributed by atoms with Crippen molar-refractivity contribution in [3.8, 4) is 17.2 Å². The average Bonchev–Trinajstić information content (AvgIpc) is 4.11. The summed E-state index contributed by atoms with van der Waals surface area (Å²) in [6.45, 7) is 7.15. The second-order valence-corrected chi connectivity index (χ2v) is 21.4. The fourth-order valence-electron chi connectivity index (χ4n) is 10.7. The fraction of sp³-hybridized carbons (Fsp3) is 0.673. The molecule has 6 rings (SSSR count). The number of carboxylic acid groups (broad SMARTS) is 1. The van der Waals surface area contributed by atoms with Crippen molar-refractivity contribution >= 4 is 23.7 Å². The number of nitrogens with zero attached hydrogens (tertiary/aromatic N) is 5. The van der Waals surface area contributed by atoms with E-state index in [-0.39, 0.29) is 42.0 Å². The summed E-state index contributed by atoms with van der Waals surface area (Å²) in [4.78, 5) is 51.3. The van der Waals surface area contributed by atoms with E-state index in [1.54, 1.807) is 23.7 Å². The first kappa shape index (κ1) is 58.9. The highest BCUT2D eigenvalue weighted by Gasteiger charge is 2.40. The van der Waals surface area contributed by atoms with Crippen molar-refractivity contribution in [2.24, 2.45) is 29.2 Å². The van der Waals surface area contributed by atoms with Crippen LogP contribution in [0.4, 0.5) is 13.2 Å². The van der Waals surface area contributed by atoms with Gasteiger partial charge in [0.25, 0.3) is 0 Å². The molecule has 0 radical (unpaired) electrons. The summed E-state index contributed by atoms with van der Waals surface area (Å²) in [5.41, 5.74) is 15.0. The molecule has 1 aromatic heterocycles. The van der Waals surface area contributed by atoms with Gasteiger partial charge in [-0.25, -0.2) is 4.68 Å². The summed E-state index contributed by atoms with van der Waals surface area (Å²) in [6, 6.07) is 10.9. The largest absolute Gasteiger partial charge is 0.573 e. The Kier molecular flexibility index (Phi) is 23.0. The van der Waals surface area contributed by atoms with Crippen LogP contribution in [0.1, 0.15) is 138 Å². The molecule has 1 saturated heterocycles. The third-order valence-corrected chi connectivity index (χ3v) is 15.4. The molecular weight excluding hydrogens is 970 g/mol. The molecule has 2 aliphatic heterocycles. The summed E-state index contributed by atoms with van der Waals surface area (Å²) < 4.78 is 54.0. The first-order valence-corrected chi connectivity index (χ1v) is 27.6. The van der Waals surface area contributed by atoms with E-state index in [4.69, 9.17) is 16.2 Å². The zero-order chi connectivity index (χ0) is 53.8. The summed E-state index contributed by atoms with van der Waals surface area (Å²) in [5.74, 6) is -0.150. The molecule has 416 valence electrons. The minimum absolute atomic E-state index is 0.00224. The van der Waals surface area contributed by atoms with E-state index in [0.717, 1.165) is 119 Å². The van der Waals surface area contributed by atoms with Crippen molar-refractivity contribution in [2.45, 2.75) is 147 Å². The number of carboxylic acids is 1. The Balaban J connectivity index is 0.875. The molecule has 0 spiro atoms. The highest BCUT2D eigenvalue weighted by molar-refractivity contribution is 5.77. The van der Waals surface area contributed by atoms with Crippen LogP contribution in [0.2, 0.25) is 0 Å². The van der Waals surface area contributed by atoms with E-state index in [2.05, 4.69) is 54.1 Å². The van der Waals surface area contributed by atoms with Crippen LogP contribution >= 0.6 is 0 Å². The summed E-state index contributed by atoms with van der Waals surface area (Å²) in [5, 5.41) is 27.1. The molecule has 75 heavy (non-hydrogen) atoms. The summed E-state index contributed by atoms with van der Waals surface area (Å²) in [6.07, 6.45) is 12.4. The number of likely N-dealkylation sites (tertiary alicyclic amines) is 1. The quantitative estimate of drug-likeness (QED) is 0.0283. The number of rotatable bonds is 33. The van der Waals surface area contributed by atoms with Crippen LogP contribution in [0.3, 0.4) is 0 Å². The molecule has 2 aromatic carbocycles. The lowest BCUT2D eigenvalue weighted by Gasteiger charge is -2.38. The van der Waals surface area contributed by atoms with Crippen molar-refractivity contribution in [3.05, 3.63) is 65.0 Å². The number of benzene rings is 2. The number of nitrogens with one attached hydrogen (secondary N) is 3. The van der Waals surface area contributed by atoms with Gasteiger partial charge in [-0.2, -0.15) is 0 Å². The smallest absolute Gasteiger partial charge is 0.490 e. The first-order valence-electron chi connectivity index (χ1n) is 27.6. The number of aromatic nitrogens is 3. The molecule has 1 saturated carbocycles. The Morgan fingerprint density at radius 2 is 1.44 bits per heavy atom. The molecule has 2 fully saturated rings. The number of unbranched alkanes of at least 4 members (excludes halogenated alkanes) is 7. The minimum atomic E-state index is -4.84. The number of hydrogen-bond acceptors (Lipinski definition) is 11.